The predicted octanol–water partition coefficient (Wildman–Crippen LogP) is 1.87. The smallest absolute Gasteiger partial charge is 0.317 e. The molecule has 9 nitrogen and oxygen atoms in total. The van der Waals surface area contributed by atoms with E-state index in [1.165, 1.54) is 5.56 Å². The van der Waals surface area contributed by atoms with Crippen LogP contribution in [-0.4, -0.2) is 74.5 Å². The van der Waals surface area contributed by atoms with Gasteiger partial charge >= 0.3 is 6.03 Å². The van der Waals surface area contributed by atoms with Gasteiger partial charge in [0, 0.05) is 44.7 Å². The first-order valence-electron chi connectivity index (χ1n) is 12.2. The number of hydrogen-bond donors (Lipinski definition) is 2. The van der Waals surface area contributed by atoms with Crippen molar-refractivity contribution in [1.82, 2.24) is 30.1 Å². The number of carbonyl (C=O) groups is 2. The van der Waals surface area contributed by atoms with Crippen molar-refractivity contribution in [3.63, 3.8) is 0 Å². The Bertz CT molecular complexity index is 1000. The first-order chi connectivity index (χ1) is 16.2. The Morgan fingerprint density at radius 1 is 1.21 bits per heavy atom. The molecule has 0 aliphatic carbocycles. The summed E-state index contributed by atoms with van der Waals surface area (Å²) in [5, 5.41) is 11.6. The van der Waals surface area contributed by atoms with Crippen molar-refractivity contribution in [2.24, 2.45) is 17.1 Å². The number of urea groups is 1. The number of amides is 3. The summed E-state index contributed by atoms with van der Waals surface area (Å²) in [7, 11) is 0. The second kappa shape index (κ2) is 9.74. The molecule has 184 valence electrons. The van der Waals surface area contributed by atoms with Gasteiger partial charge in [0.1, 0.15) is 0 Å². The Kier molecular flexibility index (Phi) is 6.93. The molecule has 9 heteroatoms. The third-order valence-electron chi connectivity index (χ3n) is 7.04. The highest BCUT2D eigenvalue weighted by atomic mass is 16.2. The molecule has 2 fully saturated rings. The van der Waals surface area contributed by atoms with Gasteiger partial charge < -0.3 is 20.9 Å². The fourth-order valence-corrected chi connectivity index (χ4v) is 5.22. The van der Waals surface area contributed by atoms with Crippen LogP contribution in [0.3, 0.4) is 0 Å². The summed E-state index contributed by atoms with van der Waals surface area (Å²) >= 11 is 0. The van der Waals surface area contributed by atoms with E-state index in [0.717, 1.165) is 12.1 Å². The van der Waals surface area contributed by atoms with Crippen molar-refractivity contribution in [1.29, 1.82) is 0 Å². The summed E-state index contributed by atoms with van der Waals surface area (Å²) in [6, 6.07) is 9.43. The maximum absolute atomic E-state index is 13.4. The van der Waals surface area contributed by atoms with Crippen LogP contribution in [-0.2, 0) is 17.8 Å². The van der Waals surface area contributed by atoms with Crippen LogP contribution in [0.15, 0.2) is 36.5 Å². The molecule has 0 spiro atoms. The van der Waals surface area contributed by atoms with Crippen LogP contribution in [0.2, 0.25) is 0 Å². The van der Waals surface area contributed by atoms with Crippen LogP contribution in [0.1, 0.15) is 45.4 Å². The number of fused-ring (bicyclic) bond motifs is 1. The number of nitrogens with two attached hydrogens (primary N) is 1. The predicted molar refractivity (Wildman–Crippen MR) is 130 cm³/mol. The molecule has 1 aromatic heterocycles. The van der Waals surface area contributed by atoms with E-state index in [0.29, 0.717) is 32.6 Å². The Morgan fingerprint density at radius 2 is 1.94 bits per heavy atom. The lowest BCUT2D eigenvalue weighted by Gasteiger charge is -2.34. The fraction of sp³-hybridized carbons (Fsp3) is 0.600. The molecule has 4 atom stereocenters. The zero-order valence-corrected chi connectivity index (χ0v) is 20.6. The van der Waals surface area contributed by atoms with E-state index in [-0.39, 0.29) is 35.4 Å². The third-order valence-corrected chi connectivity index (χ3v) is 7.04. The Morgan fingerprint density at radius 3 is 2.62 bits per heavy atom. The van der Waals surface area contributed by atoms with Crippen molar-refractivity contribution in [3.8, 4) is 0 Å². The number of aromatic nitrogens is 3. The SMILES string of the molecule is CCNC(=O)N1CC(Cn2cc(Cc3ccccc3)nn2)C2C1CCN2C(=O)C(N)C(C)(C)C. The maximum Gasteiger partial charge on any atom is 0.317 e. The average Bonchev–Trinajstić information content (AvgIpc) is 3.50. The number of carbonyl (C=O) groups excluding carboxylic acids is 2. The van der Waals surface area contributed by atoms with Crippen LogP contribution >= 0.6 is 0 Å². The summed E-state index contributed by atoms with van der Waals surface area (Å²) in [5.74, 6) is 0.0172. The summed E-state index contributed by atoms with van der Waals surface area (Å²) in [6.45, 7) is 10.2. The normalized spacial score (nSPS) is 23.1. The zero-order valence-electron chi connectivity index (χ0n) is 20.6. The van der Waals surface area contributed by atoms with Gasteiger partial charge in [0.05, 0.1) is 23.8 Å². The molecule has 2 aliphatic heterocycles. The van der Waals surface area contributed by atoms with Gasteiger partial charge in [0.15, 0.2) is 0 Å². The fourth-order valence-electron chi connectivity index (χ4n) is 5.22. The molecule has 0 bridgehead atoms. The van der Waals surface area contributed by atoms with Crippen LogP contribution in [0.25, 0.3) is 0 Å². The second-order valence-electron chi connectivity index (χ2n) is 10.6. The van der Waals surface area contributed by atoms with Crippen molar-refractivity contribution in [2.75, 3.05) is 19.6 Å². The minimum Gasteiger partial charge on any atom is -0.338 e. The lowest BCUT2D eigenvalue weighted by atomic mass is 9.86. The highest BCUT2D eigenvalue weighted by Gasteiger charge is 2.52. The lowest BCUT2D eigenvalue weighted by molar-refractivity contribution is -0.136. The van der Waals surface area contributed by atoms with Crippen molar-refractivity contribution in [3.05, 3.63) is 47.8 Å². The standard InChI is InChI=1S/C25H37N7O2/c1-5-27-24(34)32-15-18(14-30-16-19(28-29-30)13-17-9-7-6-8-10-17)21-20(32)11-12-31(21)23(33)22(26)25(2,3)4/h6-10,16,18,20-22H,5,11-15,26H2,1-4H3,(H,27,34). The van der Waals surface area contributed by atoms with Gasteiger partial charge in [0.2, 0.25) is 5.91 Å². The van der Waals surface area contributed by atoms with Crippen LogP contribution < -0.4 is 11.1 Å². The van der Waals surface area contributed by atoms with Gasteiger partial charge in [0.25, 0.3) is 0 Å². The van der Waals surface area contributed by atoms with E-state index in [1.54, 1.807) is 0 Å². The molecule has 3 amide bonds. The van der Waals surface area contributed by atoms with Crippen LogP contribution in [0.5, 0.6) is 0 Å². The second-order valence-corrected chi connectivity index (χ2v) is 10.6. The molecule has 1 aromatic carbocycles. The first kappa shape index (κ1) is 24.2. The quantitative estimate of drug-likeness (QED) is 0.674. The molecule has 4 rings (SSSR count). The summed E-state index contributed by atoms with van der Waals surface area (Å²) < 4.78 is 1.85. The number of nitrogens with zero attached hydrogens (tertiary/aromatic N) is 5. The Hall–Kier alpha value is -2.94. The molecule has 4 unspecified atom stereocenters. The minimum absolute atomic E-state index is 0.0139. The minimum atomic E-state index is -0.589. The topological polar surface area (TPSA) is 109 Å². The average molecular weight is 468 g/mol. The zero-order chi connectivity index (χ0) is 24.5. The lowest BCUT2D eigenvalue weighted by Crippen LogP contribution is -2.54. The number of hydrogen-bond acceptors (Lipinski definition) is 5. The Labute approximate surface area is 201 Å². The summed E-state index contributed by atoms with van der Waals surface area (Å²) in [4.78, 5) is 30.0. The molecular formula is C25H37N7O2. The largest absolute Gasteiger partial charge is 0.338 e. The van der Waals surface area contributed by atoms with Gasteiger partial charge in [-0.1, -0.05) is 56.3 Å². The third kappa shape index (κ3) is 4.94. The highest BCUT2D eigenvalue weighted by Crippen LogP contribution is 2.37. The van der Waals surface area contributed by atoms with Gasteiger partial charge in [-0.3, -0.25) is 9.48 Å². The van der Waals surface area contributed by atoms with Crippen molar-refractivity contribution < 1.29 is 9.59 Å². The highest BCUT2D eigenvalue weighted by molar-refractivity contribution is 5.83. The van der Waals surface area contributed by atoms with Gasteiger partial charge in [-0.15, -0.1) is 5.10 Å². The molecule has 3 N–H and O–H groups in total. The van der Waals surface area contributed by atoms with Gasteiger partial charge in [-0.05, 0) is 24.3 Å². The van der Waals surface area contributed by atoms with E-state index in [1.807, 2.05) is 66.6 Å². The molecule has 3 heterocycles. The first-order valence-corrected chi connectivity index (χ1v) is 12.2. The molecule has 2 saturated heterocycles. The van der Waals surface area contributed by atoms with Crippen LogP contribution in [0, 0.1) is 11.3 Å². The number of nitrogens with one attached hydrogen (secondary N) is 1. The molecule has 0 radical (unpaired) electrons. The van der Waals surface area contributed by atoms with E-state index < -0.39 is 6.04 Å². The van der Waals surface area contributed by atoms with E-state index in [2.05, 4.69) is 27.8 Å². The summed E-state index contributed by atoms with van der Waals surface area (Å²) in [6.07, 6.45) is 3.45. The van der Waals surface area contributed by atoms with Crippen molar-refractivity contribution in [2.45, 2.75) is 65.2 Å². The molecular weight excluding hydrogens is 430 g/mol. The molecule has 34 heavy (non-hydrogen) atoms. The van der Waals surface area contributed by atoms with Gasteiger partial charge in [-0.2, -0.15) is 0 Å². The maximum atomic E-state index is 13.4. The Balaban J connectivity index is 1.54. The van der Waals surface area contributed by atoms with Crippen LogP contribution in [0.4, 0.5) is 4.79 Å². The van der Waals surface area contributed by atoms with E-state index in [4.69, 9.17) is 5.73 Å². The van der Waals surface area contributed by atoms with Crippen molar-refractivity contribution >= 4 is 11.9 Å². The molecule has 2 aromatic rings. The molecule has 0 saturated carbocycles. The molecule has 2 aliphatic rings. The number of benzene rings is 1. The number of rotatable bonds is 6. The number of likely N-dealkylation sites (tertiary alicyclic amines) is 2. The summed E-state index contributed by atoms with van der Waals surface area (Å²) in [5.41, 5.74) is 8.11. The van der Waals surface area contributed by atoms with E-state index >= 15 is 0 Å². The van der Waals surface area contributed by atoms with E-state index in [9.17, 15) is 9.59 Å². The van der Waals surface area contributed by atoms with Gasteiger partial charge in [-0.25, -0.2) is 4.79 Å². The monoisotopic (exact) mass is 467 g/mol.